The second-order valence-electron chi connectivity index (χ2n) is 6.64. The molecule has 124 valence electrons. The van der Waals surface area contributed by atoms with E-state index >= 15 is 0 Å². The van der Waals surface area contributed by atoms with E-state index in [1.807, 2.05) is 18.2 Å². The predicted molar refractivity (Wildman–Crippen MR) is 91.4 cm³/mol. The summed E-state index contributed by atoms with van der Waals surface area (Å²) < 4.78 is 0. The molecule has 5 heteroatoms. The summed E-state index contributed by atoms with van der Waals surface area (Å²) >= 11 is 0. The molecule has 23 heavy (non-hydrogen) atoms. The molecule has 5 nitrogen and oxygen atoms in total. The number of likely N-dealkylation sites (tertiary alicyclic amines) is 1. The lowest BCUT2D eigenvalue weighted by molar-refractivity contribution is -0.124. The number of hydroxylamine groups is 1. The van der Waals surface area contributed by atoms with Crippen LogP contribution in [0.2, 0.25) is 0 Å². The number of nitrogens with zero attached hydrogens (tertiary/aromatic N) is 2. The molecule has 1 atom stereocenters. The minimum Gasteiger partial charge on any atom is -0.369 e. The first-order chi connectivity index (χ1) is 11.1. The normalized spacial score (nSPS) is 25.4. The molecule has 2 aliphatic rings. The Morgan fingerprint density at radius 3 is 2.87 bits per heavy atom. The Labute approximate surface area is 137 Å². The molecule has 0 aromatic heterocycles. The third kappa shape index (κ3) is 3.26. The monoisotopic (exact) mass is 315 g/mol. The van der Waals surface area contributed by atoms with Crippen molar-refractivity contribution in [3.05, 3.63) is 35.9 Å². The van der Waals surface area contributed by atoms with Gasteiger partial charge in [-0.05, 0) is 50.6 Å². The summed E-state index contributed by atoms with van der Waals surface area (Å²) in [6, 6.07) is 8.12. The minimum atomic E-state index is -0.510. The van der Waals surface area contributed by atoms with Crippen molar-refractivity contribution in [2.45, 2.75) is 31.2 Å². The van der Waals surface area contributed by atoms with E-state index in [4.69, 9.17) is 5.21 Å². The maximum absolute atomic E-state index is 11.2. The van der Waals surface area contributed by atoms with Gasteiger partial charge < -0.3 is 4.90 Å². The van der Waals surface area contributed by atoms with Crippen LogP contribution in [0.25, 0.3) is 6.08 Å². The van der Waals surface area contributed by atoms with Gasteiger partial charge in [0.25, 0.3) is 5.91 Å². The Morgan fingerprint density at radius 2 is 2.09 bits per heavy atom. The first-order valence-corrected chi connectivity index (χ1v) is 8.32. The highest BCUT2D eigenvalue weighted by atomic mass is 16.5. The standard InChI is InChI=1S/C18H25N3O2/c1-20-12-5-4-10-18(20)11-13-21(14-18)16-7-3-2-6-15(16)8-9-17(22)19-23/h2-3,6-9,23H,4-5,10-14H2,1H3,(H,19,22)/b9-8+. The Balaban J connectivity index is 1.80. The van der Waals surface area contributed by atoms with Gasteiger partial charge in [-0.15, -0.1) is 0 Å². The number of likely N-dealkylation sites (N-methyl/N-ethyl adjacent to an activating group) is 1. The zero-order valence-corrected chi connectivity index (χ0v) is 13.7. The van der Waals surface area contributed by atoms with E-state index < -0.39 is 5.91 Å². The third-order valence-corrected chi connectivity index (χ3v) is 5.33. The number of benzene rings is 1. The fourth-order valence-corrected chi connectivity index (χ4v) is 3.93. The molecule has 1 aromatic carbocycles. The molecule has 2 fully saturated rings. The number of hydrogen-bond acceptors (Lipinski definition) is 4. The number of nitrogens with one attached hydrogen (secondary N) is 1. The van der Waals surface area contributed by atoms with Crippen LogP contribution in [0.4, 0.5) is 5.69 Å². The molecule has 1 spiro atoms. The molecule has 1 aromatic rings. The smallest absolute Gasteiger partial charge is 0.267 e. The molecule has 2 saturated heterocycles. The molecular formula is C18H25N3O2. The van der Waals surface area contributed by atoms with Crippen LogP contribution in [-0.4, -0.2) is 48.2 Å². The summed E-state index contributed by atoms with van der Waals surface area (Å²) in [5.74, 6) is -0.510. The zero-order valence-electron chi connectivity index (χ0n) is 13.7. The molecule has 0 aliphatic carbocycles. The van der Waals surface area contributed by atoms with Gasteiger partial charge in [-0.25, -0.2) is 5.48 Å². The summed E-state index contributed by atoms with van der Waals surface area (Å²) in [7, 11) is 2.25. The molecule has 2 heterocycles. The van der Waals surface area contributed by atoms with Crippen molar-refractivity contribution in [1.82, 2.24) is 10.4 Å². The van der Waals surface area contributed by atoms with Crippen LogP contribution in [0.3, 0.4) is 0 Å². The number of amides is 1. The molecule has 0 bridgehead atoms. The van der Waals surface area contributed by atoms with Crippen LogP contribution in [0.1, 0.15) is 31.2 Å². The van der Waals surface area contributed by atoms with Crippen molar-refractivity contribution in [3.63, 3.8) is 0 Å². The van der Waals surface area contributed by atoms with E-state index in [0.717, 1.165) is 24.3 Å². The number of anilines is 1. The number of rotatable bonds is 3. The number of carbonyl (C=O) groups excluding carboxylic acids is 1. The lowest BCUT2D eigenvalue weighted by Gasteiger charge is -2.42. The number of hydrogen-bond donors (Lipinski definition) is 2. The van der Waals surface area contributed by atoms with Crippen LogP contribution in [0, 0.1) is 0 Å². The largest absolute Gasteiger partial charge is 0.369 e. The topological polar surface area (TPSA) is 55.8 Å². The first kappa shape index (κ1) is 16.0. The average Bonchev–Trinajstić information content (AvgIpc) is 3.01. The molecular weight excluding hydrogens is 290 g/mol. The van der Waals surface area contributed by atoms with Crippen molar-refractivity contribution in [2.75, 3.05) is 31.6 Å². The number of carbonyl (C=O) groups is 1. The summed E-state index contributed by atoms with van der Waals surface area (Å²) in [6.07, 6.45) is 8.20. The van der Waals surface area contributed by atoms with Gasteiger partial charge in [0.1, 0.15) is 0 Å². The Kier molecular flexibility index (Phi) is 4.68. The fourth-order valence-electron chi connectivity index (χ4n) is 3.93. The van der Waals surface area contributed by atoms with Crippen molar-refractivity contribution in [1.29, 1.82) is 0 Å². The van der Waals surface area contributed by atoms with Gasteiger partial charge in [0, 0.05) is 30.4 Å². The molecule has 2 aliphatic heterocycles. The summed E-state index contributed by atoms with van der Waals surface area (Å²) in [6.45, 7) is 3.27. The minimum absolute atomic E-state index is 0.303. The van der Waals surface area contributed by atoms with Gasteiger partial charge >= 0.3 is 0 Å². The van der Waals surface area contributed by atoms with Crippen molar-refractivity contribution in [3.8, 4) is 0 Å². The predicted octanol–water partition coefficient (Wildman–Crippen LogP) is 2.27. The zero-order chi connectivity index (χ0) is 16.3. The van der Waals surface area contributed by atoms with Gasteiger partial charge in [0.2, 0.25) is 0 Å². The van der Waals surface area contributed by atoms with Gasteiger partial charge in [-0.2, -0.15) is 0 Å². The second kappa shape index (κ2) is 6.72. The van der Waals surface area contributed by atoms with Crippen LogP contribution < -0.4 is 10.4 Å². The molecule has 0 radical (unpaired) electrons. The van der Waals surface area contributed by atoms with E-state index in [-0.39, 0.29) is 0 Å². The summed E-state index contributed by atoms with van der Waals surface area (Å²) in [5, 5.41) is 8.62. The van der Waals surface area contributed by atoms with Gasteiger partial charge in [-0.1, -0.05) is 24.6 Å². The highest BCUT2D eigenvalue weighted by molar-refractivity contribution is 5.91. The Hall–Kier alpha value is -1.85. The molecule has 0 saturated carbocycles. The van der Waals surface area contributed by atoms with E-state index in [1.165, 1.54) is 38.3 Å². The first-order valence-electron chi connectivity index (χ1n) is 8.32. The average molecular weight is 315 g/mol. The van der Waals surface area contributed by atoms with Crippen LogP contribution in [-0.2, 0) is 4.79 Å². The number of piperidine rings is 1. The van der Waals surface area contributed by atoms with E-state index in [0.29, 0.717) is 5.54 Å². The van der Waals surface area contributed by atoms with Gasteiger partial charge in [-0.3, -0.25) is 14.9 Å². The number of para-hydroxylation sites is 1. The maximum Gasteiger partial charge on any atom is 0.267 e. The van der Waals surface area contributed by atoms with Gasteiger partial charge in [0.05, 0.1) is 0 Å². The third-order valence-electron chi connectivity index (χ3n) is 5.33. The van der Waals surface area contributed by atoms with E-state index in [2.05, 4.69) is 22.9 Å². The lowest BCUT2D eigenvalue weighted by atomic mass is 9.86. The van der Waals surface area contributed by atoms with Crippen LogP contribution in [0.15, 0.2) is 30.3 Å². The van der Waals surface area contributed by atoms with Crippen molar-refractivity contribution >= 4 is 17.7 Å². The van der Waals surface area contributed by atoms with Crippen LogP contribution >= 0.6 is 0 Å². The highest BCUT2D eigenvalue weighted by Gasteiger charge is 2.42. The maximum atomic E-state index is 11.2. The Bertz CT molecular complexity index is 602. The quantitative estimate of drug-likeness (QED) is 0.510. The molecule has 1 unspecified atom stereocenters. The molecule has 3 rings (SSSR count). The molecule has 2 N–H and O–H groups in total. The van der Waals surface area contributed by atoms with E-state index in [9.17, 15) is 4.79 Å². The van der Waals surface area contributed by atoms with Crippen LogP contribution in [0.5, 0.6) is 0 Å². The van der Waals surface area contributed by atoms with Crippen molar-refractivity contribution < 1.29 is 10.0 Å². The Morgan fingerprint density at radius 1 is 1.26 bits per heavy atom. The van der Waals surface area contributed by atoms with Gasteiger partial charge in [0.15, 0.2) is 0 Å². The summed E-state index contributed by atoms with van der Waals surface area (Å²) in [4.78, 5) is 16.2. The SMILES string of the molecule is CN1CCCCC12CCN(c1ccccc1/C=C/C(=O)NO)C2. The fraction of sp³-hybridized carbons (Fsp3) is 0.500. The highest BCUT2D eigenvalue weighted by Crippen LogP contribution is 2.38. The second-order valence-corrected chi connectivity index (χ2v) is 6.64. The van der Waals surface area contributed by atoms with Crippen molar-refractivity contribution in [2.24, 2.45) is 0 Å². The lowest BCUT2D eigenvalue weighted by Crippen LogP contribution is -2.51. The van der Waals surface area contributed by atoms with E-state index in [1.54, 1.807) is 11.6 Å². The summed E-state index contributed by atoms with van der Waals surface area (Å²) in [5.41, 5.74) is 4.10. The molecule has 1 amide bonds.